The fraction of sp³-hybridized carbons (Fsp3) is 0.321. The van der Waals surface area contributed by atoms with Crippen molar-refractivity contribution in [1.29, 1.82) is 0 Å². The first-order valence-electron chi connectivity index (χ1n) is 12.0. The van der Waals surface area contributed by atoms with Gasteiger partial charge in [-0.25, -0.2) is 15.0 Å². The van der Waals surface area contributed by atoms with Crippen molar-refractivity contribution in [3.05, 3.63) is 78.0 Å². The van der Waals surface area contributed by atoms with Crippen LogP contribution in [0.4, 0.5) is 5.82 Å². The molecule has 172 valence electrons. The van der Waals surface area contributed by atoms with E-state index in [-0.39, 0.29) is 5.41 Å². The molecular formula is C28H29N5O. The van der Waals surface area contributed by atoms with Gasteiger partial charge in [0.05, 0.1) is 6.54 Å². The number of anilines is 1. The van der Waals surface area contributed by atoms with E-state index in [1.807, 2.05) is 6.20 Å². The van der Waals surface area contributed by atoms with Crippen LogP contribution in [-0.4, -0.2) is 33.1 Å². The number of nitrogens with zero attached hydrogens (tertiary/aromatic N) is 4. The molecule has 4 aromatic rings. The zero-order chi connectivity index (χ0) is 23.1. The van der Waals surface area contributed by atoms with Gasteiger partial charge < -0.3 is 14.6 Å². The van der Waals surface area contributed by atoms with Gasteiger partial charge in [-0.3, -0.25) is 0 Å². The first-order chi connectivity index (χ1) is 16.6. The molecule has 6 nitrogen and oxygen atoms in total. The predicted octanol–water partition coefficient (Wildman–Crippen LogP) is 5.45. The molecule has 0 amide bonds. The van der Waals surface area contributed by atoms with Crippen molar-refractivity contribution in [3.8, 4) is 28.3 Å². The smallest absolute Gasteiger partial charge is 0.137 e. The Morgan fingerprint density at radius 1 is 0.971 bits per heavy atom. The maximum atomic E-state index is 6.15. The molecule has 1 N–H and O–H groups in total. The third-order valence-corrected chi connectivity index (χ3v) is 7.04. The van der Waals surface area contributed by atoms with E-state index in [0.717, 1.165) is 48.9 Å². The number of nitrogens with one attached hydrogen (secondary N) is 1. The van der Waals surface area contributed by atoms with Crippen LogP contribution in [0.2, 0.25) is 0 Å². The molecule has 2 aliphatic rings. The van der Waals surface area contributed by atoms with Gasteiger partial charge in [0.1, 0.15) is 30.3 Å². The molecule has 0 spiro atoms. The fourth-order valence-electron chi connectivity index (χ4n) is 5.13. The lowest BCUT2D eigenvalue weighted by Gasteiger charge is -2.33. The Labute approximate surface area is 200 Å². The standard InChI is InChI=1S/C28H29N5O/c1-28(2)10-9-24-23(16-28)27(32-18-31-24)33-13-14-34-25-8-7-21(15-22(25)17-33)19-3-5-20(6-4-19)26-29-11-12-30-26/h3-8,11-12,15,18H,9-10,13-14,16-17H2,1-2H3,(H,29,30). The second-order valence-corrected chi connectivity index (χ2v) is 10.1. The van der Waals surface area contributed by atoms with E-state index in [4.69, 9.17) is 9.72 Å². The van der Waals surface area contributed by atoms with E-state index in [1.165, 1.54) is 34.4 Å². The molecule has 1 aliphatic heterocycles. The number of hydrogen-bond acceptors (Lipinski definition) is 5. The van der Waals surface area contributed by atoms with Crippen molar-refractivity contribution < 1.29 is 4.74 Å². The Bertz CT molecular complexity index is 1310. The number of rotatable bonds is 3. The fourth-order valence-corrected chi connectivity index (χ4v) is 5.13. The lowest BCUT2D eigenvalue weighted by molar-refractivity contribution is 0.310. The molecule has 6 rings (SSSR count). The Morgan fingerprint density at radius 3 is 2.62 bits per heavy atom. The summed E-state index contributed by atoms with van der Waals surface area (Å²) in [6, 6.07) is 15.0. The summed E-state index contributed by atoms with van der Waals surface area (Å²) < 4.78 is 6.15. The third kappa shape index (κ3) is 3.94. The molecule has 0 bridgehead atoms. The van der Waals surface area contributed by atoms with Gasteiger partial charge in [-0.2, -0.15) is 0 Å². The zero-order valence-electron chi connectivity index (χ0n) is 19.7. The first kappa shape index (κ1) is 20.9. The van der Waals surface area contributed by atoms with Gasteiger partial charge in [0, 0.05) is 41.3 Å². The maximum Gasteiger partial charge on any atom is 0.137 e. The SMILES string of the molecule is CC1(C)CCc2ncnc(N3CCOc4ccc(-c5ccc(-c6ncc[nH]6)cc5)cc4C3)c2C1. The Morgan fingerprint density at radius 2 is 1.79 bits per heavy atom. The van der Waals surface area contributed by atoms with Crippen LogP contribution in [0.15, 0.2) is 61.2 Å². The summed E-state index contributed by atoms with van der Waals surface area (Å²) in [5, 5.41) is 0. The minimum atomic E-state index is 0.279. The molecule has 1 aliphatic carbocycles. The van der Waals surface area contributed by atoms with Crippen molar-refractivity contribution in [2.75, 3.05) is 18.1 Å². The quantitative estimate of drug-likeness (QED) is 0.449. The van der Waals surface area contributed by atoms with Crippen LogP contribution in [0.3, 0.4) is 0 Å². The lowest BCUT2D eigenvalue weighted by Crippen LogP contribution is -2.31. The van der Waals surface area contributed by atoms with Gasteiger partial charge in [0.2, 0.25) is 0 Å². The van der Waals surface area contributed by atoms with E-state index in [2.05, 4.69) is 76.2 Å². The minimum Gasteiger partial charge on any atom is -0.491 e. The normalized spacial score (nSPS) is 16.8. The summed E-state index contributed by atoms with van der Waals surface area (Å²) in [5.41, 5.74) is 7.42. The average molecular weight is 452 g/mol. The number of aromatic amines is 1. The third-order valence-electron chi connectivity index (χ3n) is 7.04. The molecular weight excluding hydrogens is 422 g/mol. The van der Waals surface area contributed by atoms with Gasteiger partial charge in [-0.05, 0) is 47.9 Å². The van der Waals surface area contributed by atoms with E-state index >= 15 is 0 Å². The van der Waals surface area contributed by atoms with Crippen LogP contribution in [0.5, 0.6) is 5.75 Å². The van der Waals surface area contributed by atoms with Crippen molar-refractivity contribution in [2.45, 2.75) is 39.7 Å². The van der Waals surface area contributed by atoms with Crippen molar-refractivity contribution in [2.24, 2.45) is 5.41 Å². The van der Waals surface area contributed by atoms with Crippen molar-refractivity contribution >= 4 is 5.82 Å². The molecule has 2 aromatic heterocycles. The molecule has 0 saturated carbocycles. The van der Waals surface area contributed by atoms with Crippen molar-refractivity contribution in [1.82, 2.24) is 19.9 Å². The predicted molar refractivity (Wildman–Crippen MR) is 134 cm³/mol. The summed E-state index contributed by atoms with van der Waals surface area (Å²) in [6.45, 7) is 6.92. The number of benzene rings is 2. The van der Waals surface area contributed by atoms with Gasteiger partial charge in [-0.15, -0.1) is 0 Å². The summed E-state index contributed by atoms with van der Waals surface area (Å²) in [5.74, 6) is 2.91. The number of hydrogen-bond donors (Lipinski definition) is 1. The summed E-state index contributed by atoms with van der Waals surface area (Å²) in [7, 11) is 0. The van der Waals surface area contributed by atoms with Gasteiger partial charge in [-0.1, -0.05) is 44.2 Å². The summed E-state index contributed by atoms with van der Waals surface area (Å²) >= 11 is 0. The van der Waals surface area contributed by atoms with E-state index < -0.39 is 0 Å². The number of aromatic nitrogens is 4. The highest BCUT2D eigenvalue weighted by Gasteiger charge is 2.30. The largest absolute Gasteiger partial charge is 0.491 e. The van der Waals surface area contributed by atoms with Crippen LogP contribution in [-0.2, 0) is 19.4 Å². The molecule has 0 saturated heterocycles. The number of imidazole rings is 1. The van der Waals surface area contributed by atoms with Crippen LogP contribution in [0, 0.1) is 5.41 Å². The monoisotopic (exact) mass is 451 g/mol. The Kier molecular flexibility index (Phi) is 5.09. The Hall–Kier alpha value is -3.67. The molecule has 6 heteroatoms. The summed E-state index contributed by atoms with van der Waals surface area (Å²) in [4.78, 5) is 19.3. The topological polar surface area (TPSA) is 66.9 Å². The highest BCUT2D eigenvalue weighted by Crippen LogP contribution is 2.39. The average Bonchev–Trinajstić information content (AvgIpc) is 3.30. The first-order valence-corrected chi connectivity index (χ1v) is 12.0. The zero-order valence-corrected chi connectivity index (χ0v) is 19.7. The highest BCUT2D eigenvalue weighted by molar-refractivity contribution is 5.69. The minimum absolute atomic E-state index is 0.279. The van der Waals surface area contributed by atoms with Gasteiger partial charge >= 0.3 is 0 Å². The molecule has 0 fully saturated rings. The molecule has 2 aromatic carbocycles. The maximum absolute atomic E-state index is 6.15. The molecule has 0 radical (unpaired) electrons. The highest BCUT2D eigenvalue weighted by atomic mass is 16.5. The molecule has 0 unspecified atom stereocenters. The van der Waals surface area contributed by atoms with E-state index in [0.29, 0.717) is 6.61 Å². The van der Waals surface area contributed by atoms with Crippen LogP contribution < -0.4 is 9.64 Å². The number of aryl methyl sites for hydroxylation is 1. The van der Waals surface area contributed by atoms with Crippen LogP contribution in [0.25, 0.3) is 22.5 Å². The van der Waals surface area contributed by atoms with Gasteiger partial charge in [0.25, 0.3) is 0 Å². The van der Waals surface area contributed by atoms with Gasteiger partial charge in [0.15, 0.2) is 0 Å². The van der Waals surface area contributed by atoms with Crippen LogP contribution >= 0.6 is 0 Å². The lowest BCUT2D eigenvalue weighted by atomic mass is 9.76. The second kappa shape index (κ2) is 8.28. The number of H-pyrrole nitrogens is 1. The van der Waals surface area contributed by atoms with E-state index in [9.17, 15) is 0 Å². The van der Waals surface area contributed by atoms with E-state index in [1.54, 1.807) is 12.5 Å². The number of ether oxygens (including phenoxy) is 1. The number of fused-ring (bicyclic) bond motifs is 2. The van der Waals surface area contributed by atoms with Crippen molar-refractivity contribution in [3.63, 3.8) is 0 Å². The van der Waals surface area contributed by atoms with Crippen LogP contribution in [0.1, 0.15) is 37.1 Å². The second-order valence-electron chi connectivity index (χ2n) is 10.1. The molecule has 0 atom stereocenters. The summed E-state index contributed by atoms with van der Waals surface area (Å²) in [6.07, 6.45) is 8.57. The molecule has 34 heavy (non-hydrogen) atoms. The molecule has 3 heterocycles. The Balaban J connectivity index is 1.31.